The minimum Gasteiger partial charge on any atom is -0.383 e. The van der Waals surface area contributed by atoms with E-state index < -0.39 is 0 Å². The molecule has 5 heteroatoms. The molecule has 0 unspecified atom stereocenters. The van der Waals surface area contributed by atoms with Crippen molar-refractivity contribution >= 4 is 17.8 Å². The van der Waals surface area contributed by atoms with Crippen molar-refractivity contribution in [3.05, 3.63) is 59.9 Å². The van der Waals surface area contributed by atoms with Crippen LogP contribution in [-0.4, -0.2) is 54.2 Å². The summed E-state index contributed by atoms with van der Waals surface area (Å²) < 4.78 is 17.8. The molecule has 0 saturated heterocycles. The summed E-state index contributed by atoms with van der Waals surface area (Å²) in [5.74, 6) is 0. The fourth-order valence-corrected chi connectivity index (χ4v) is 2.78. The van der Waals surface area contributed by atoms with Crippen LogP contribution in [0.25, 0.3) is 12.2 Å². The molecule has 0 amide bonds. The lowest BCUT2D eigenvalue weighted by Gasteiger charge is -2.24. The largest absolute Gasteiger partial charge is 0.383 e. The van der Waals surface area contributed by atoms with Gasteiger partial charge >= 0.3 is 0 Å². The van der Waals surface area contributed by atoms with Gasteiger partial charge in [0.15, 0.2) is 12.7 Å². The van der Waals surface area contributed by atoms with Crippen molar-refractivity contribution in [1.29, 1.82) is 0 Å². The van der Waals surface area contributed by atoms with Gasteiger partial charge in [0.1, 0.15) is 6.61 Å². The first-order valence-corrected chi connectivity index (χ1v) is 9.27. The summed E-state index contributed by atoms with van der Waals surface area (Å²) in [5, 5.41) is 0. The smallest absolute Gasteiger partial charge is 0.205 e. The van der Waals surface area contributed by atoms with Crippen LogP contribution in [0.15, 0.2) is 48.7 Å². The highest BCUT2D eigenvalue weighted by Crippen LogP contribution is 2.16. The lowest BCUT2D eigenvalue weighted by atomic mass is 10.1. The van der Waals surface area contributed by atoms with Gasteiger partial charge in [-0.05, 0) is 29.8 Å². The van der Waals surface area contributed by atoms with E-state index in [9.17, 15) is 0 Å². The second-order valence-corrected chi connectivity index (χ2v) is 6.21. The molecule has 0 bridgehead atoms. The number of aromatic nitrogens is 1. The maximum Gasteiger partial charge on any atom is 0.205 e. The molecule has 5 nitrogen and oxygen atoms in total. The Labute approximate surface area is 162 Å². The van der Waals surface area contributed by atoms with Gasteiger partial charge in [-0.3, -0.25) is 0 Å². The summed E-state index contributed by atoms with van der Waals surface area (Å²) in [6, 6.07) is 14.8. The van der Waals surface area contributed by atoms with E-state index in [-0.39, 0.29) is 0 Å². The zero-order chi connectivity index (χ0) is 19.3. The van der Waals surface area contributed by atoms with Crippen molar-refractivity contribution in [2.75, 3.05) is 59.1 Å². The zero-order valence-corrected chi connectivity index (χ0v) is 16.6. The fourth-order valence-electron chi connectivity index (χ4n) is 2.78. The molecule has 0 aliphatic carbocycles. The molecular weight excluding hydrogens is 340 g/mol. The van der Waals surface area contributed by atoms with Crippen LogP contribution in [0.4, 0.5) is 5.69 Å². The minimum atomic E-state index is 0.695. The molecule has 0 aliphatic rings. The third kappa shape index (κ3) is 7.13. The third-order valence-corrected chi connectivity index (χ3v) is 4.35. The fraction of sp³-hybridized carbons (Fsp3) is 0.409. The molecule has 2 rings (SSSR count). The molecule has 146 valence electrons. The predicted octanol–water partition coefficient (Wildman–Crippen LogP) is 2.89. The second-order valence-electron chi connectivity index (χ2n) is 6.21. The van der Waals surface area contributed by atoms with Gasteiger partial charge in [-0.25, -0.2) is 0 Å². The van der Waals surface area contributed by atoms with Gasteiger partial charge in [0.25, 0.3) is 0 Å². The van der Waals surface area contributed by atoms with Gasteiger partial charge in [0.2, 0.25) is 5.69 Å². The maximum absolute atomic E-state index is 5.22. The highest BCUT2D eigenvalue weighted by Gasteiger charge is 2.07. The van der Waals surface area contributed by atoms with E-state index in [0.29, 0.717) is 19.8 Å². The Morgan fingerprint density at radius 2 is 1.48 bits per heavy atom. The lowest BCUT2D eigenvalue weighted by molar-refractivity contribution is -0.699. The van der Waals surface area contributed by atoms with Gasteiger partial charge in [-0.2, -0.15) is 4.57 Å². The Morgan fingerprint density at radius 3 is 2.11 bits per heavy atom. The lowest BCUT2D eigenvalue weighted by Crippen LogP contribution is -2.38. The van der Waals surface area contributed by atoms with Crippen molar-refractivity contribution < 1.29 is 18.8 Å². The summed E-state index contributed by atoms with van der Waals surface area (Å²) in [6.07, 6.45) is 6.35. The van der Waals surface area contributed by atoms with E-state index in [1.807, 2.05) is 6.07 Å². The molecule has 1 aromatic carbocycles. The monoisotopic (exact) mass is 371 g/mol. The quantitative estimate of drug-likeness (QED) is 0.538. The van der Waals surface area contributed by atoms with Crippen LogP contribution in [0.3, 0.4) is 0 Å². The van der Waals surface area contributed by atoms with E-state index >= 15 is 0 Å². The van der Waals surface area contributed by atoms with Crippen LogP contribution in [0, 0.1) is 0 Å². The van der Waals surface area contributed by atoms with E-state index in [1.54, 1.807) is 21.3 Å². The second kappa shape index (κ2) is 12.2. The molecule has 1 heterocycles. The summed E-state index contributed by atoms with van der Waals surface area (Å²) >= 11 is 0. The summed E-state index contributed by atoms with van der Waals surface area (Å²) in [4.78, 5) is 2.27. The minimum absolute atomic E-state index is 0.695. The summed E-state index contributed by atoms with van der Waals surface area (Å²) in [5.41, 5.74) is 3.50. The molecular formula is C22H31N2O3+. The van der Waals surface area contributed by atoms with Crippen molar-refractivity contribution in [1.82, 2.24) is 0 Å². The third-order valence-electron chi connectivity index (χ3n) is 4.35. The summed E-state index contributed by atoms with van der Waals surface area (Å²) in [7, 11) is 5.18. The van der Waals surface area contributed by atoms with Gasteiger partial charge in [0, 0.05) is 58.3 Å². The topological polar surface area (TPSA) is 34.8 Å². The first-order chi connectivity index (χ1) is 13.3. The van der Waals surface area contributed by atoms with Crippen LogP contribution in [0.5, 0.6) is 0 Å². The highest BCUT2D eigenvalue weighted by molar-refractivity contribution is 5.68. The van der Waals surface area contributed by atoms with E-state index in [4.69, 9.17) is 14.2 Å². The Bertz CT molecular complexity index is 678. The molecule has 27 heavy (non-hydrogen) atoms. The van der Waals surface area contributed by atoms with E-state index in [1.165, 1.54) is 11.3 Å². The molecule has 0 aliphatic heterocycles. The number of ether oxygens (including phenoxy) is 3. The predicted molar refractivity (Wildman–Crippen MR) is 110 cm³/mol. The number of benzene rings is 1. The molecule has 0 N–H and O–H groups in total. The SMILES string of the molecule is COCCN(CCOC)c1ccc(/C=C/c2cccc[n+]2CCOC)cc1. The Balaban J connectivity index is 2.07. The van der Waals surface area contributed by atoms with Crippen LogP contribution in [0.2, 0.25) is 0 Å². The average Bonchev–Trinajstić information content (AvgIpc) is 2.72. The number of methoxy groups -OCH3 is 3. The van der Waals surface area contributed by atoms with Crippen LogP contribution in [0.1, 0.15) is 11.3 Å². The van der Waals surface area contributed by atoms with E-state index in [0.717, 1.165) is 25.3 Å². The van der Waals surface area contributed by atoms with Crippen LogP contribution < -0.4 is 9.47 Å². The number of nitrogens with zero attached hydrogens (tertiary/aromatic N) is 2. The Kier molecular flexibility index (Phi) is 9.55. The standard InChI is InChI=1S/C22H31N2O3/c1-25-17-14-23-13-5-4-6-21(23)10-7-20-8-11-22(12-9-20)24(15-18-26-2)16-19-27-3/h4-13H,14-19H2,1-3H3/q+1. The average molecular weight is 372 g/mol. The summed E-state index contributed by atoms with van der Waals surface area (Å²) in [6.45, 7) is 4.62. The Morgan fingerprint density at radius 1 is 0.815 bits per heavy atom. The van der Waals surface area contributed by atoms with Crippen molar-refractivity contribution in [3.8, 4) is 0 Å². The number of anilines is 1. The van der Waals surface area contributed by atoms with Crippen molar-refractivity contribution in [2.45, 2.75) is 6.54 Å². The van der Waals surface area contributed by atoms with Gasteiger partial charge < -0.3 is 19.1 Å². The number of rotatable bonds is 12. The first-order valence-electron chi connectivity index (χ1n) is 9.27. The molecule has 1 aromatic heterocycles. The van der Waals surface area contributed by atoms with Crippen molar-refractivity contribution in [2.24, 2.45) is 0 Å². The molecule has 0 radical (unpaired) electrons. The van der Waals surface area contributed by atoms with Gasteiger partial charge in [-0.1, -0.05) is 12.1 Å². The van der Waals surface area contributed by atoms with Gasteiger partial charge in [0.05, 0.1) is 13.2 Å². The number of hydrogen-bond donors (Lipinski definition) is 0. The molecule has 2 aromatic rings. The zero-order valence-electron chi connectivity index (χ0n) is 16.6. The van der Waals surface area contributed by atoms with Crippen molar-refractivity contribution in [3.63, 3.8) is 0 Å². The maximum atomic E-state index is 5.22. The van der Waals surface area contributed by atoms with Gasteiger partial charge in [-0.15, -0.1) is 0 Å². The number of pyridine rings is 1. The van der Waals surface area contributed by atoms with Crippen LogP contribution in [-0.2, 0) is 20.8 Å². The van der Waals surface area contributed by atoms with E-state index in [2.05, 4.69) is 64.2 Å². The molecule has 0 spiro atoms. The molecule has 0 saturated carbocycles. The molecule has 0 fully saturated rings. The number of hydrogen-bond acceptors (Lipinski definition) is 4. The Hall–Kier alpha value is -2.21. The normalized spacial score (nSPS) is 11.2. The first kappa shape index (κ1) is 21.1. The molecule has 0 atom stereocenters. The van der Waals surface area contributed by atoms with Crippen LogP contribution >= 0.6 is 0 Å². The highest BCUT2D eigenvalue weighted by atomic mass is 16.5.